The van der Waals surface area contributed by atoms with E-state index < -0.39 is 23.4 Å². The van der Waals surface area contributed by atoms with Crippen LogP contribution in [0.3, 0.4) is 0 Å². The van der Waals surface area contributed by atoms with E-state index in [1.165, 1.54) is 19.1 Å². The van der Waals surface area contributed by atoms with Gasteiger partial charge in [0.1, 0.15) is 11.3 Å². The van der Waals surface area contributed by atoms with E-state index in [0.29, 0.717) is 0 Å². The zero-order chi connectivity index (χ0) is 13.0. The minimum absolute atomic E-state index is 0.301. The summed E-state index contributed by atoms with van der Waals surface area (Å²) in [5.41, 5.74) is -0.332. The van der Waals surface area contributed by atoms with Crippen LogP contribution in [0.5, 0.6) is 0 Å². The summed E-state index contributed by atoms with van der Waals surface area (Å²) in [4.78, 5) is 35.0. The Morgan fingerprint density at radius 2 is 2.00 bits per heavy atom. The van der Waals surface area contributed by atoms with Gasteiger partial charge in [-0.1, -0.05) is 18.2 Å². The molecule has 0 aromatic heterocycles. The Morgan fingerprint density at radius 3 is 2.47 bits per heavy atom. The van der Waals surface area contributed by atoms with E-state index in [4.69, 9.17) is 0 Å². The molecular formula is C12H13NO4. The fraction of sp³-hybridized carbons (Fsp3) is 0.250. The van der Waals surface area contributed by atoms with Crippen molar-refractivity contribution >= 4 is 17.6 Å². The van der Waals surface area contributed by atoms with E-state index in [1.807, 2.05) is 0 Å². The molecule has 1 saturated heterocycles. The summed E-state index contributed by atoms with van der Waals surface area (Å²) in [6.45, 7) is 2.68. The van der Waals surface area contributed by atoms with Gasteiger partial charge in [0.25, 0.3) is 5.91 Å². The summed E-state index contributed by atoms with van der Waals surface area (Å²) in [5.74, 6) is -2.22. The Labute approximate surface area is 98.7 Å². The highest BCUT2D eigenvalue weighted by Crippen LogP contribution is 2.17. The molecule has 2 amide bonds. The van der Waals surface area contributed by atoms with Crippen LogP contribution in [0.2, 0.25) is 0 Å². The number of rotatable bonds is 2. The fourth-order valence-electron chi connectivity index (χ4n) is 1.40. The monoisotopic (exact) mass is 235 g/mol. The maximum atomic E-state index is 11.6. The summed E-state index contributed by atoms with van der Waals surface area (Å²) in [7, 11) is 0. The average Bonchev–Trinajstić information content (AvgIpc) is 2.54. The molecule has 0 aromatic carbocycles. The summed E-state index contributed by atoms with van der Waals surface area (Å²) >= 11 is 0. The van der Waals surface area contributed by atoms with Crippen LogP contribution in [0.15, 0.2) is 35.6 Å². The predicted octanol–water partition coefficient (Wildman–Crippen LogP) is 0.889. The fourth-order valence-corrected chi connectivity index (χ4v) is 1.40. The first kappa shape index (κ1) is 12.9. The second kappa shape index (κ2) is 5.25. The lowest BCUT2D eigenvalue weighted by Crippen LogP contribution is -2.30. The molecule has 0 radical (unpaired) electrons. The van der Waals surface area contributed by atoms with Crippen LogP contribution in [0.25, 0.3) is 0 Å². The largest absolute Gasteiger partial charge is 0.507 e. The SMILES string of the molecule is C/C=C/C=C/C(O)=C1/C(=O)CN(C(C)=O)C1=O. The van der Waals surface area contributed by atoms with Gasteiger partial charge in [-0.3, -0.25) is 19.3 Å². The van der Waals surface area contributed by atoms with Crippen LogP contribution in [0.1, 0.15) is 13.8 Å². The summed E-state index contributed by atoms with van der Waals surface area (Å²) < 4.78 is 0. The number of likely N-dealkylation sites (tertiary alicyclic amines) is 1. The van der Waals surface area contributed by atoms with Crippen molar-refractivity contribution in [1.82, 2.24) is 4.90 Å². The Hall–Kier alpha value is -2.17. The summed E-state index contributed by atoms with van der Waals surface area (Å²) in [6, 6.07) is 0. The highest BCUT2D eigenvalue weighted by atomic mass is 16.3. The molecule has 1 heterocycles. The zero-order valence-electron chi connectivity index (χ0n) is 9.64. The molecule has 1 aliphatic heterocycles. The van der Waals surface area contributed by atoms with Crippen LogP contribution >= 0.6 is 0 Å². The second-order valence-corrected chi connectivity index (χ2v) is 3.48. The predicted molar refractivity (Wildman–Crippen MR) is 61.0 cm³/mol. The van der Waals surface area contributed by atoms with Gasteiger partial charge in [-0.25, -0.2) is 0 Å². The van der Waals surface area contributed by atoms with Crippen LogP contribution < -0.4 is 0 Å². The highest BCUT2D eigenvalue weighted by Gasteiger charge is 2.38. The van der Waals surface area contributed by atoms with Gasteiger partial charge in [-0.05, 0) is 13.0 Å². The molecule has 17 heavy (non-hydrogen) atoms. The van der Waals surface area contributed by atoms with Crippen molar-refractivity contribution in [2.75, 3.05) is 6.54 Å². The first-order chi connectivity index (χ1) is 7.99. The third-order valence-electron chi connectivity index (χ3n) is 2.23. The number of aliphatic hydroxyl groups is 1. The molecule has 1 aliphatic rings. The van der Waals surface area contributed by atoms with Gasteiger partial charge in [-0.15, -0.1) is 0 Å². The van der Waals surface area contributed by atoms with E-state index in [1.54, 1.807) is 19.1 Å². The van der Waals surface area contributed by atoms with Crippen molar-refractivity contribution in [2.45, 2.75) is 13.8 Å². The number of aliphatic hydroxyl groups excluding tert-OH is 1. The van der Waals surface area contributed by atoms with E-state index in [0.717, 1.165) is 4.90 Å². The van der Waals surface area contributed by atoms with Gasteiger partial charge in [0, 0.05) is 6.92 Å². The molecule has 0 aliphatic carbocycles. The number of ketones is 1. The minimum atomic E-state index is -0.745. The number of carbonyl (C=O) groups is 3. The molecule has 0 atom stereocenters. The maximum Gasteiger partial charge on any atom is 0.268 e. The molecule has 5 heteroatoms. The molecule has 90 valence electrons. The van der Waals surface area contributed by atoms with Crippen molar-refractivity contribution in [2.24, 2.45) is 0 Å². The molecule has 0 saturated carbocycles. The van der Waals surface area contributed by atoms with Crippen molar-refractivity contribution < 1.29 is 19.5 Å². The average molecular weight is 235 g/mol. The molecule has 1 rings (SSSR count). The van der Waals surface area contributed by atoms with Crippen LogP contribution in [0.4, 0.5) is 0 Å². The lowest BCUT2D eigenvalue weighted by Gasteiger charge is -2.07. The highest BCUT2D eigenvalue weighted by molar-refractivity contribution is 6.29. The molecule has 0 spiro atoms. The number of allylic oxidation sites excluding steroid dienone is 4. The maximum absolute atomic E-state index is 11.6. The smallest absolute Gasteiger partial charge is 0.268 e. The number of nitrogens with zero attached hydrogens (tertiary/aromatic N) is 1. The number of amides is 2. The second-order valence-electron chi connectivity index (χ2n) is 3.48. The summed E-state index contributed by atoms with van der Waals surface area (Å²) in [5, 5.41) is 9.60. The van der Waals surface area contributed by atoms with Gasteiger partial charge in [-0.2, -0.15) is 0 Å². The Morgan fingerprint density at radius 1 is 1.35 bits per heavy atom. The lowest BCUT2D eigenvalue weighted by molar-refractivity contribution is -0.139. The van der Waals surface area contributed by atoms with Gasteiger partial charge >= 0.3 is 0 Å². The number of imide groups is 1. The number of hydrogen-bond acceptors (Lipinski definition) is 4. The number of Topliss-reactive ketones (excluding diaryl/α,β-unsaturated/α-hetero) is 1. The van der Waals surface area contributed by atoms with Crippen molar-refractivity contribution in [1.29, 1.82) is 0 Å². The first-order valence-corrected chi connectivity index (χ1v) is 5.07. The number of hydrogen-bond donors (Lipinski definition) is 1. The summed E-state index contributed by atoms with van der Waals surface area (Å²) in [6.07, 6.45) is 6.12. The minimum Gasteiger partial charge on any atom is -0.507 e. The molecule has 1 fully saturated rings. The van der Waals surface area contributed by atoms with Crippen molar-refractivity contribution in [3.05, 3.63) is 35.6 Å². The quantitative estimate of drug-likeness (QED) is 0.334. The molecule has 0 bridgehead atoms. The molecule has 0 unspecified atom stereocenters. The molecule has 1 N–H and O–H groups in total. The van der Waals surface area contributed by atoms with Crippen molar-refractivity contribution in [3.63, 3.8) is 0 Å². The Kier molecular flexibility index (Phi) is 3.98. The van der Waals surface area contributed by atoms with Gasteiger partial charge < -0.3 is 5.11 Å². The van der Waals surface area contributed by atoms with E-state index in [2.05, 4.69) is 0 Å². The standard InChI is InChI=1S/C12H13NO4/c1-3-4-5-6-9(15)11-10(16)7-13(8(2)14)12(11)17/h3-6,15H,7H2,1-2H3/b4-3+,6-5+,11-9+. The van der Waals surface area contributed by atoms with Gasteiger partial charge in [0.05, 0.1) is 6.54 Å². The van der Waals surface area contributed by atoms with Gasteiger partial charge in [0.2, 0.25) is 5.91 Å². The Bertz CT molecular complexity index is 457. The third-order valence-corrected chi connectivity index (χ3v) is 2.23. The molecular weight excluding hydrogens is 222 g/mol. The zero-order valence-corrected chi connectivity index (χ0v) is 9.64. The van der Waals surface area contributed by atoms with E-state index >= 15 is 0 Å². The normalized spacial score (nSPS) is 19.8. The van der Waals surface area contributed by atoms with Crippen molar-refractivity contribution in [3.8, 4) is 0 Å². The number of carbonyl (C=O) groups excluding carboxylic acids is 3. The van der Waals surface area contributed by atoms with E-state index in [-0.39, 0.29) is 12.1 Å². The first-order valence-electron chi connectivity index (χ1n) is 5.07. The van der Waals surface area contributed by atoms with Crippen LogP contribution in [-0.2, 0) is 14.4 Å². The lowest BCUT2D eigenvalue weighted by atomic mass is 10.1. The van der Waals surface area contributed by atoms with E-state index in [9.17, 15) is 19.5 Å². The van der Waals surface area contributed by atoms with Crippen LogP contribution in [0, 0.1) is 0 Å². The Balaban J connectivity index is 3.05. The van der Waals surface area contributed by atoms with Crippen LogP contribution in [-0.4, -0.2) is 34.1 Å². The molecule has 5 nitrogen and oxygen atoms in total. The van der Waals surface area contributed by atoms with Gasteiger partial charge in [0.15, 0.2) is 5.78 Å². The topological polar surface area (TPSA) is 74.7 Å². The third kappa shape index (κ3) is 2.69. The molecule has 0 aromatic rings.